The van der Waals surface area contributed by atoms with Gasteiger partial charge in [0, 0.05) is 37.5 Å². The van der Waals surface area contributed by atoms with Gasteiger partial charge in [-0.25, -0.2) is 4.98 Å². The van der Waals surface area contributed by atoms with E-state index in [9.17, 15) is 9.59 Å². The van der Waals surface area contributed by atoms with E-state index in [1.807, 2.05) is 13.8 Å². The molecule has 13 nitrogen and oxygen atoms in total. The van der Waals surface area contributed by atoms with Crippen LogP contribution in [0.15, 0.2) is 53.3 Å². The molecular weight excluding hydrogens is 482 g/mol. The molecule has 3 heterocycles. The Morgan fingerprint density at radius 3 is 2.59 bits per heavy atom. The number of benzene rings is 1. The number of anilines is 1. The van der Waals surface area contributed by atoms with Crippen LogP contribution in [0.1, 0.15) is 34.9 Å². The van der Waals surface area contributed by atoms with Gasteiger partial charge in [0.1, 0.15) is 22.9 Å². The van der Waals surface area contributed by atoms with E-state index >= 15 is 0 Å². The normalized spacial score (nSPS) is 10.8. The van der Waals surface area contributed by atoms with E-state index in [-0.39, 0.29) is 36.9 Å². The summed E-state index contributed by atoms with van der Waals surface area (Å²) in [5.74, 6) is 0.515. The lowest BCUT2D eigenvalue weighted by Gasteiger charge is -2.14. The number of aromatic nitrogens is 5. The number of hydrogen-bond donors (Lipinski definition) is 3. The van der Waals surface area contributed by atoms with Crippen molar-refractivity contribution in [1.29, 1.82) is 0 Å². The fourth-order valence-corrected chi connectivity index (χ4v) is 3.15. The smallest absolute Gasteiger partial charge is 0.316 e. The van der Waals surface area contributed by atoms with Crippen molar-refractivity contribution < 1.29 is 28.7 Å². The van der Waals surface area contributed by atoms with Crippen LogP contribution in [0, 0.1) is 0 Å². The Labute approximate surface area is 211 Å². The number of pyridine rings is 1. The number of aliphatic hydroxyl groups is 1. The molecule has 0 spiro atoms. The van der Waals surface area contributed by atoms with Crippen LogP contribution in [0.25, 0.3) is 11.5 Å². The first-order valence-electron chi connectivity index (χ1n) is 11.3. The number of nitrogens with zero attached hydrogens (tertiary/aromatic N) is 5. The Hall–Kier alpha value is -4.78. The molecule has 192 valence electrons. The third-order valence-electron chi connectivity index (χ3n) is 4.69. The molecule has 3 N–H and O–H groups in total. The van der Waals surface area contributed by atoms with E-state index in [0.717, 1.165) is 0 Å². The van der Waals surface area contributed by atoms with E-state index in [2.05, 4.69) is 30.9 Å². The van der Waals surface area contributed by atoms with Crippen molar-refractivity contribution in [2.24, 2.45) is 7.05 Å². The lowest BCUT2D eigenvalue weighted by Crippen LogP contribution is -2.26. The van der Waals surface area contributed by atoms with Gasteiger partial charge in [0.05, 0.1) is 18.9 Å². The number of nitrogens with one attached hydrogen (secondary N) is 2. The van der Waals surface area contributed by atoms with Gasteiger partial charge < -0.3 is 29.7 Å². The van der Waals surface area contributed by atoms with Gasteiger partial charge in [-0.05, 0) is 38.1 Å². The van der Waals surface area contributed by atoms with E-state index in [0.29, 0.717) is 34.3 Å². The first-order chi connectivity index (χ1) is 17.8. The van der Waals surface area contributed by atoms with Crippen molar-refractivity contribution in [3.63, 3.8) is 0 Å². The SMILES string of the molecule is CC(C)Oc1cc(Oc2ccc(-c3noc(C(=O)NCCO)n3)nc2)cc(C(=O)Nc2ccn(C)n2)c1. The summed E-state index contributed by atoms with van der Waals surface area (Å²) in [6.45, 7) is 3.61. The third kappa shape index (κ3) is 6.67. The molecule has 13 heteroatoms. The van der Waals surface area contributed by atoms with Gasteiger partial charge in [0.25, 0.3) is 5.91 Å². The molecule has 0 radical (unpaired) electrons. The van der Waals surface area contributed by atoms with Gasteiger partial charge >= 0.3 is 11.8 Å². The number of carbonyl (C=O) groups excluding carboxylic acids is 2. The average Bonchev–Trinajstić information content (AvgIpc) is 3.52. The van der Waals surface area contributed by atoms with Gasteiger partial charge in [0.2, 0.25) is 5.82 Å². The molecule has 0 aliphatic carbocycles. The minimum Gasteiger partial charge on any atom is -0.491 e. The second-order valence-corrected chi connectivity index (χ2v) is 8.07. The molecule has 2 amide bonds. The van der Waals surface area contributed by atoms with Crippen molar-refractivity contribution in [1.82, 2.24) is 30.2 Å². The molecule has 4 aromatic rings. The number of carbonyl (C=O) groups is 2. The Balaban J connectivity index is 1.50. The molecule has 0 saturated carbocycles. The summed E-state index contributed by atoms with van der Waals surface area (Å²) in [5, 5.41) is 21.9. The predicted octanol–water partition coefficient (Wildman–Crippen LogP) is 2.42. The van der Waals surface area contributed by atoms with Gasteiger partial charge in [0.15, 0.2) is 5.82 Å². The monoisotopic (exact) mass is 507 g/mol. The Kier molecular flexibility index (Phi) is 7.74. The maximum atomic E-state index is 12.8. The molecule has 0 atom stereocenters. The van der Waals surface area contributed by atoms with Crippen molar-refractivity contribution >= 4 is 17.6 Å². The van der Waals surface area contributed by atoms with Gasteiger partial charge in [-0.3, -0.25) is 14.3 Å². The first kappa shape index (κ1) is 25.3. The summed E-state index contributed by atoms with van der Waals surface area (Å²) in [4.78, 5) is 33.0. The number of aliphatic hydroxyl groups excluding tert-OH is 1. The molecule has 0 unspecified atom stereocenters. The summed E-state index contributed by atoms with van der Waals surface area (Å²) in [6, 6.07) is 9.78. The van der Waals surface area contributed by atoms with Crippen molar-refractivity contribution in [3.05, 3.63) is 60.2 Å². The Morgan fingerprint density at radius 1 is 1.11 bits per heavy atom. The maximum Gasteiger partial charge on any atom is 0.316 e. The number of rotatable bonds is 10. The fraction of sp³-hybridized carbons (Fsp3) is 0.250. The van der Waals surface area contributed by atoms with E-state index < -0.39 is 5.91 Å². The highest BCUT2D eigenvalue weighted by molar-refractivity contribution is 6.04. The summed E-state index contributed by atoms with van der Waals surface area (Å²) < 4.78 is 18.3. The molecule has 37 heavy (non-hydrogen) atoms. The molecule has 0 saturated heterocycles. The number of hydrogen-bond acceptors (Lipinski definition) is 10. The minimum atomic E-state index is -0.598. The van der Waals surface area contributed by atoms with Crippen LogP contribution in [0.2, 0.25) is 0 Å². The van der Waals surface area contributed by atoms with Crippen molar-refractivity contribution in [2.45, 2.75) is 20.0 Å². The molecule has 1 aromatic carbocycles. The zero-order valence-electron chi connectivity index (χ0n) is 20.3. The molecule has 3 aromatic heterocycles. The lowest BCUT2D eigenvalue weighted by molar-refractivity contribution is 0.0900. The Bertz CT molecular complexity index is 1380. The Morgan fingerprint density at radius 2 is 1.92 bits per heavy atom. The van der Waals surface area contributed by atoms with Crippen molar-refractivity contribution in [2.75, 3.05) is 18.5 Å². The molecule has 0 aliphatic rings. The quantitative estimate of drug-likeness (QED) is 0.290. The standard InChI is InChI=1S/C24H25N7O6/c1-14(2)35-17-10-15(22(33)27-20-6-8-31(3)29-20)11-18(12-17)36-16-4-5-19(26-13-16)21-28-24(37-30-21)23(34)25-7-9-32/h4-6,8,10-14,32H,7,9H2,1-3H3,(H,25,34)(H,27,29,33). The zero-order chi connectivity index (χ0) is 26.4. The highest BCUT2D eigenvalue weighted by Gasteiger charge is 2.17. The summed E-state index contributed by atoms with van der Waals surface area (Å²) in [7, 11) is 1.76. The van der Waals surface area contributed by atoms with Crippen LogP contribution in [-0.2, 0) is 7.05 Å². The average molecular weight is 508 g/mol. The highest BCUT2D eigenvalue weighted by atomic mass is 16.5. The summed E-state index contributed by atoms with van der Waals surface area (Å²) in [5.41, 5.74) is 0.673. The maximum absolute atomic E-state index is 12.8. The second-order valence-electron chi connectivity index (χ2n) is 8.07. The van der Waals surface area contributed by atoms with Crippen LogP contribution in [0.3, 0.4) is 0 Å². The zero-order valence-corrected chi connectivity index (χ0v) is 20.3. The van der Waals surface area contributed by atoms with Crippen LogP contribution >= 0.6 is 0 Å². The molecular formula is C24H25N7O6. The predicted molar refractivity (Wildman–Crippen MR) is 130 cm³/mol. The van der Waals surface area contributed by atoms with Gasteiger partial charge in [-0.15, -0.1) is 0 Å². The van der Waals surface area contributed by atoms with E-state index in [1.54, 1.807) is 54.3 Å². The van der Waals surface area contributed by atoms with Crippen LogP contribution in [-0.4, -0.2) is 61.1 Å². The van der Waals surface area contributed by atoms with E-state index in [1.165, 1.54) is 6.20 Å². The first-order valence-corrected chi connectivity index (χ1v) is 11.3. The molecule has 0 fully saturated rings. The summed E-state index contributed by atoms with van der Waals surface area (Å²) >= 11 is 0. The van der Waals surface area contributed by atoms with Crippen LogP contribution in [0.4, 0.5) is 5.82 Å². The number of amides is 2. The van der Waals surface area contributed by atoms with Crippen LogP contribution in [0.5, 0.6) is 17.2 Å². The van der Waals surface area contributed by atoms with Gasteiger partial charge in [-0.2, -0.15) is 10.1 Å². The topological polar surface area (TPSA) is 167 Å². The molecule has 0 aliphatic heterocycles. The number of ether oxygens (including phenoxy) is 2. The lowest BCUT2D eigenvalue weighted by atomic mass is 10.2. The van der Waals surface area contributed by atoms with Crippen LogP contribution < -0.4 is 20.1 Å². The highest BCUT2D eigenvalue weighted by Crippen LogP contribution is 2.29. The van der Waals surface area contributed by atoms with E-state index in [4.69, 9.17) is 19.1 Å². The van der Waals surface area contributed by atoms with Gasteiger partial charge in [-0.1, -0.05) is 5.16 Å². The summed E-state index contributed by atoms with van der Waals surface area (Å²) in [6.07, 6.45) is 3.05. The third-order valence-corrected chi connectivity index (χ3v) is 4.69. The van der Waals surface area contributed by atoms with Crippen molar-refractivity contribution in [3.8, 4) is 28.8 Å². The second kappa shape index (κ2) is 11.3. The minimum absolute atomic E-state index is 0.0662. The molecule has 4 rings (SSSR count). The largest absolute Gasteiger partial charge is 0.491 e. The molecule has 0 bridgehead atoms. The number of aryl methyl sites for hydroxylation is 1. The fourth-order valence-electron chi connectivity index (χ4n) is 3.15.